The summed E-state index contributed by atoms with van der Waals surface area (Å²) >= 11 is 0. The molecule has 1 saturated heterocycles. The Morgan fingerprint density at radius 1 is 0.733 bits per heavy atom. The lowest BCUT2D eigenvalue weighted by Crippen LogP contribution is -2.36. The number of amides is 1. The van der Waals surface area contributed by atoms with Gasteiger partial charge < -0.3 is 25.4 Å². The van der Waals surface area contributed by atoms with Gasteiger partial charge in [-0.1, -0.05) is 155 Å². The van der Waals surface area contributed by atoms with Gasteiger partial charge in [-0.3, -0.25) is 9.36 Å². The summed E-state index contributed by atoms with van der Waals surface area (Å²) < 4.78 is 6.41. The second kappa shape index (κ2) is 25.3. The van der Waals surface area contributed by atoms with Gasteiger partial charge in [0.2, 0.25) is 5.91 Å². The van der Waals surface area contributed by atoms with Crippen LogP contribution >= 0.6 is 0 Å². The number of nitrogens with zero attached hydrogens (tertiary/aromatic N) is 2. The Bertz CT molecular complexity index is 942. The molecule has 0 aliphatic carbocycles. The second-order valence-electron chi connectivity index (χ2n) is 13.2. The van der Waals surface area contributed by atoms with E-state index in [0.29, 0.717) is 6.42 Å². The normalized spacial score (nSPS) is 19.7. The number of ether oxygens (including phenoxy) is 1. The second-order valence-corrected chi connectivity index (χ2v) is 13.2. The number of aromatic nitrogens is 2. The monoisotopic (exact) mass is 635 g/mol. The molecule has 45 heavy (non-hydrogen) atoms. The van der Waals surface area contributed by atoms with Crippen molar-refractivity contribution in [3.8, 4) is 0 Å². The fraction of sp³-hybridized carbons (Fsp3) is 0.861. The number of unbranched alkanes of at least 4 members (excludes halogenated alkanes) is 23. The first-order valence-electron chi connectivity index (χ1n) is 18.5. The first-order valence-corrected chi connectivity index (χ1v) is 18.5. The summed E-state index contributed by atoms with van der Waals surface area (Å²) in [4.78, 5) is 28.5. The van der Waals surface area contributed by atoms with Crippen molar-refractivity contribution in [2.45, 2.75) is 192 Å². The zero-order chi connectivity index (χ0) is 32.5. The summed E-state index contributed by atoms with van der Waals surface area (Å²) in [6.45, 7) is 1.80. The summed E-state index contributed by atoms with van der Waals surface area (Å²) in [5.41, 5.74) is -0.725. The van der Waals surface area contributed by atoms with Gasteiger partial charge in [-0.25, -0.2) is 4.79 Å². The molecule has 0 radical (unpaired) electrons. The zero-order valence-electron chi connectivity index (χ0n) is 28.3. The SMILES string of the molecule is CCCCCCCCCCCCCCCCCCCCCCCCCCC(=O)Nc1ccn([C@@H]2O[C@H](CO)[C@@H](O)[C@@H]2O)c(=O)n1. The lowest BCUT2D eigenvalue weighted by Gasteiger charge is -2.17. The number of rotatable bonds is 28. The molecule has 1 aromatic rings. The van der Waals surface area contributed by atoms with Crippen molar-refractivity contribution in [2.24, 2.45) is 0 Å². The van der Waals surface area contributed by atoms with E-state index in [2.05, 4.69) is 17.2 Å². The van der Waals surface area contributed by atoms with Crippen LogP contribution in [0.3, 0.4) is 0 Å². The molecule has 4 atom stereocenters. The maximum atomic E-state index is 12.4. The third-order valence-corrected chi connectivity index (χ3v) is 9.15. The molecule has 260 valence electrons. The number of aliphatic hydroxyl groups excluding tert-OH is 3. The standard InChI is InChI=1S/C36H65N3O6/c1-2-3-4-5-6-7-8-9-10-11-12-13-14-15-16-17-18-19-20-21-22-23-24-25-26-32(41)37-31-27-28-39(36(44)38-31)35-34(43)33(42)30(29-40)45-35/h27-28,30,33-35,40,42-43H,2-26,29H2,1H3,(H,37,38,41,44)/t30-,33-,34+,35-/m1/s1. The van der Waals surface area contributed by atoms with Gasteiger partial charge in [-0.05, 0) is 12.5 Å². The zero-order valence-corrected chi connectivity index (χ0v) is 28.3. The van der Waals surface area contributed by atoms with Crippen LogP contribution in [0.5, 0.6) is 0 Å². The molecule has 2 rings (SSSR count). The van der Waals surface area contributed by atoms with E-state index in [-0.39, 0.29) is 11.7 Å². The Hall–Kier alpha value is -1.81. The molecule has 1 aliphatic heterocycles. The smallest absolute Gasteiger partial charge is 0.351 e. The summed E-state index contributed by atoms with van der Waals surface area (Å²) in [7, 11) is 0. The highest BCUT2D eigenvalue weighted by molar-refractivity contribution is 5.89. The fourth-order valence-electron chi connectivity index (χ4n) is 6.24. The first-order chi connectivity index (χ1) is 22.0. The Balaban J connectivity index is 1.35. The molecular formula is C36H65N3O6. The lowest BCUT2D eigenvalue weighted by atomic mass is 10.0. The Kier molecular flexibility index (Phi) is 22.1. The Labute approximate surface area is 272 Å². The van der Waals surface area contributed by atoms with Gasteiger partial charge in [0.15, 0.2) is 6.23 Å². The number of hydrogen-bond donors (Lipinski definition) is 4. The molecule has 2 heterocycles. The topological polar surface area (TPSA) is 134 Å². The van der Waals surface area contributed by atoms with E-state index in [9.17, 15) is 24.9 Å². The third kappa shape index (κ3) is 17.1. The minimum Gasteiger partial charge on any atom is -0.394 e. The molecule has 9 heteroatoms. The van der Waals surface area contributed by atoms with Gasteiger partial charge in [0.25, 0.3) is 0 Å². The van der Waals surface area contributed by atoms with Gasteiger partial charge in [-0.15, -0.1) is 0 Å². The van der Waals surface area contributed by atoms with Crippen LogP contribution in [0.2, 0.25) is 0 Å². The quantitative estimate of drug-likeness (QED) is 0.0698. The maximum absolute atomic E-state index is 12.4. The Morgan fingerprint density at radius 2 is 1.16 bits per heavy atom. The van der Waals surface area contributed by atoms with Crippen molar-refractivity contribution in [1.82, 2.24) is 9.55 Å². The summed E-state index contributed by atoms with van der Waals surface area (Å²) in [5.74, 6) is -0.0521. The highest BCUT2D eigenvalue weighted by Gasteiger charge is 2.43. The van der Waals surface area contributed by atoms with Gasteiger partial charge in [0, 0.05) is 12.6 Å². The number of hydrogen-bond acceptors (Lipinski definition) is 7. The maximum Gasteiger partial charge on any atom is 0.351 e. The molecule has 0 aromatic carbocycles. The largest absolute Gasteiger partial charge is 0.394 e. The minimum atomic E-state index is -1.37. The summed E-state index contributed by atoms with van der Waals surface area (Å²) in [5, 5.41) is 31.9. The van der Waals surface area contributed by atoms with Gasteiger partial charge in [0.1, 0.15) is 24.1 Å². The van der Waals surface area contributed by atoms with E-state index in [4.69, 9.17) is 4.74 Å². The molecule has 0 unspecified atom stereocenters. The number of aliphatic hydroxyl groups is 3. The molecule has 1 aromatic heterocycles. The van der Waals surface area contributed by atoms with Crippen LogP contribution in [0.15, 0.2) is 17.1 Å². The molecule has 4 N–H and O–H groups in total. The van der Waals surface area contributed by atoms with E-state index in [0.717, 1.165) is 23.8 Å². The molecule has 1 aliphatic rings. The van der Waals surface area contributed by atoms with Gasteiger partial charge in [0.05, 0.1) is 6.61 Å². The van der Waals surface area contributed by atoms with Crippen molar-refractivity contribution < 1.29 is 24.9 Å². The summed E-state index contributed by atoms with van der Waals surface area (Å²) in [6, 6.07) is 1.45. The molecule has 0 spiro atoms. The van der Waals surface area contributed by atoms with Crippen LogP contribution in [0.25, 0.3) is 0 Å². The van der Waals surface area contributed by atoms with Crippen LogP contribution in [0, 0.1) is 0 Å². The van der Waals surface area contributed by atoms with Crippen LogP contribution in [0.1, 0.15) is 174 Å². The van der Waals surface area contributed by atoms with Crippen molar-refractivity contribution >= 4 is 11.7 Å². The number of carbonyl (C=O) groups excluding carboxylic acids is 1. The predicted molar refractivity (Wildman–Crippen MR) is 181 cm³/mol. The van der Waals surface area contributed by atoms with Crippen molar-refractivity contribution in [1.29, 1.82) is 0 Å². The Morgan fingerprint density at radius 3 is 1.53 bits per heavy atom. The molecular weight excluding hydrogens is 570 g/mol. The van der Waals surface area contributed by atoms with Crippen molar-refractivity contribution in [2.75, 3.05) is 11.9 Å². The highest BCUT2D eigenvalue weighted by Crippen LogP contribution is 2.28. The van der Waals surface area contributed by atoms with E-state index >= 15 is 0 Å². The fourth-order valence-corrected chi connectivity index (χ4v) is 6.24. The predicted octanol–water partition coefficient (Wildman–Crippen LogP) is 7.57. The third-order valence-electron chi connectivity index (χ3n) is 9.15. The number of nitrogens with one attached hydrogen (secondary N) is 1. The minimum absolute atomic E-state index is 0.136. The van der Waals surface area contributed by atoms with E-state index in [1.54, 1.807) is 0 Å². The first kappa shape index (κ1) is 39.4. The lowest BCUT2D eigenvalue weighted by molar-refractivity contribution is -0.116. The molecule has 9 nitrogen and oxygen atoms in total. The van der Waals surface area contributed by atoms with Crippen LogP contribution in [0.4, 0.5) is 5.82 Å². The van der Waals surface area contributed by atoms with Crippen LogP contribution < -0.4 is 11.0 Å². The molecule has 1 fully saturated rings. The van der Waals surface area contributed by atoms with Crippen LogP contribution in [-0.4, -0.2) is 55.7 Å². The van der Waals surface area contributed by atoms with Gasteiger partial charge in [-0.2, -0.15) is 4.98 Å². The van der Waals surface area contributed by atoms with Gasteiger partial charge >= 0.3 is 5.69 Å². The van der Waals surface area contributed by atoms with E-state index < -0.39 is 36.8 Å². The average molecular weight is 636 g/mol. The van der Waals surface area contributed by atoms with E-state index in [1.165, 1.54) is 147 Å². The number of carbonyl (C=O) groups is 1. The van der Waals surface area contributed by atoms with Crippen molar-refractivity contribution in [3.63, 3.8) is 0 Å². The van der Waals surface area contributed by atoms with Crippen LogP contribution in [-0.2, 0) is 9.53 Å². The average Bonchev–Trinajstić information content (AvgIpc) is 3.32. The van der Waals surface area contributed by atoms with E-state index in [1.807, 2.05) is 0 Å². The summed E-state index contributed by atoms with van der Waals surface area (Å²) in [6.07, 6.45) is 29.0. The highest BCUT2D eigenvalue weighted by atomic mass is 16.6. The molecule has 0 saturated carbocycles. The molecule has 1 amide bonds. The number of anilines is 1. The van der Waals surface area contributed by atoms with Crippen molar-refractivity contribution in [3.05, 3.63) is 22.7 Å². The molecule has 0 bridgehead atoms.